The summed E-state index contributed by atoms with van der Waals surface area (Å²) in [4.78, 5) is 14.7. The molecule has 2 aliphatic rings. The van der Waals surface area contributed by atoms with Gasteiger partial charge in [0.2, 0.25) is 5.91 Å². The van der Waals surface area contributed by atoms with Crippen molar-refractivity contribution in [2.75, 3.05) is 33.4 Å². The lowest BCUT2D eigenvalue weighted by Crippen LogP contribution is -2.46. The predicted molar refractivity (Wildman–Crippen MR) is 97.9 cm³/mol. The number of para-hydroxylation sites is 1. The van der Waals surface area contributed by atoms with Gasteiger partial charge in [0.15, 0.2) is 0 Å². The standard InChI is InChI=1S/C20H30N2O3/c1-24-19-7-3-2-5-16(19)8-9-20(23)21-17-10-12-22(13-11-17)15-18-6-4-14-25-18/h2-3,5,7,17-18H,4,6,8-15H2,1H3,(H,21,23). The summed E-state index contributed by atoms with van der Waals surface area (Å²) >= 11 is 0. The Morgan fingerprint density at radius 1 is 1.28 bits per heavy atom. The highest BCUT2D eigenvalue weighted by Crippen LogP contribution is 2.19. The molecule has 0 aromatic heterocycles. The van der Waals surface area contributed by atoms with Gasteiger partial charge >= 0.3 is 0 Å². The number of benzene rings is 1. The number of hydrogen-bond donors (Lipinski definition) is 1. The number of aryl methyl sites for hydroxylation is 1. The number of nitrogens with zero attached hydrogens (tertiary/aromatic N) is 1. The molecule has 1 atom stereocenters. The molecule has 1 aromatic carbocycles. The van der Waals surface area contributed by atoms with Crippen LogP contribution in [0.3, 0.4) is 0 Å². The third-order valence-corrected chi connectivity index (χ3v) is 5.25. The molecule has 5 nitrogen and oxygen atoms in total. The summed E-state index contributed by atoms with van der Waals surface area (Å²) in [6, 6.07) is 8.21. The molecule has 0 saturated carbocycles. The van der Waals surface area contributed by atoms with E-state index in [1.54, 1.807) is 7.11 Å². The van der Waals surface area contributed by atoms with Gasteiger partial charge in [0.05, 0.1) is 13.2 Å². The number of amides is 1. The molecule has 138 valence electrons. The number of ether oxygens (including phenoxy) is 2. The van der Waals surface area contributed by atoms with Crippen LogP contribution in [0.1, 0.15) is 37.7 Å². The van der Waals surface area contributed by atoms with Gasteiger partial charge in [-0.25, -0.2) is 0 Å². The summed E-state index contributed by atoms with van der Waals surface area (Å²) in [5.74, 6) is 1.00. The van der Waals surface area contributed by atoms with E-state index >= 15 is 0 Å². The van der Waals surface area contributed by atoms with Crippen molar-refractivity contribution < 1.29 is 14.3 Å². The zero-order valence-electron chi connectivity index (χ0n) is 15.2. The Bertz CT molecular complexity index is 550. The highest BCUT2D eigenvalue weighted by atomic mass is 16.5. The summed E-state index contributed by atoms with van der Waals surface area (Å²) in [5.41, 5.74) is 1.09. The molecule has 1 unspecified atom stereocenters. The second-order valence-electron chi connectivity index (χ2n) is 7.09. The Hall–Kier alpha value is -1.59. The molecule has 2 fully saturated rings. The average molecular weight is 346 g/mol. The quantitative estimate of drug-likeness (QED) is 0.824. The van der Waals surface area contributed by atoms with E-state index in [0.29, 0.717) is 25.0 Å². The van der Waals surface area contributed by atoms with Crippen molar-refractivity contribution in [2.45, 2.75) is 50.7 Å². The number of hydrogen-bond acceptors (Lipinski definition) is 4. The maximum absolute atomic E-state index is 12.3. The van der Waals surface area contributed by atoms with E-state index < -0.39 is 0 Å². The van der Waals surface area contributed by atoms with Crippen LogP contribution in [0.5, 0.6) is 5.75 Å². The topological polar surface area (TPSA) is 50.8 Å². The normalized spacial score (nSPS) is 22.0. The Morgan fingerprint density at radius 2 is 2.08 bits per heavy atom. The minimum Gasteiger partial charge on any atom is -0.496 e. The lowest BCUT2D eigenvalue weighted by Gasteiger charge is -2.33. The summed E-state index contributed by atoms with van der Waals surface area (Å²) in [6.45, 7) is 4.08. The van der Waals surface area contributed by atoms with E-state index in [-0.39, 0.29) is 5.91 Å². The monoisotopic (exact) mass is 346 g/mol. The number of methoxy groups -OCH3 is 1. The highest BCUT2D eigenvalue weighted by Gasteiger charge is 2.24. The molecule has 0 bridgehead atoms. The van der Waals surface area contributed by atoms with Gasteiger partial charge in [0.1, 0.15) is 5.75 Å². The van der Waals surface area contributed by atoms with Gasteiger partial charge in [-0.15, -0.1) is 0 Å². The Morgan fingerprint density at radius 3 is 2.80 bits per heavy atom. The maximum Gasteiger partial charge on any atom is 0.220 e. The first-order valence-corrected chi connectivity index (χ1v) is 9.50. The molecule has 25 heavy (non-hydrogen) atoms. The first-order valence-electron chi connectivity index (χ1n) is 9.50. The average Bonchev–Trinajstić information content (AvgIpc) is 3.15. The van der Waals surface area contributed by atoms with Crippen molar-refractivity contribution in [3.8, 4) is 5.75 Å². The van der Waals surface area contributed by atoms with Gasteiger partial charge in [0, 0.05) is 38.7 Å². The van der Waals surface area contributed by atoms with Crippen LogP contribution in [-0.2, 0) is 16.0 Å². The molecule has 1 aromatic rings. The third-order valence-electron chi connectivity index (χ3n) is 5.25. The van der Waals surface area contributed by atoms with Gasteiger partial charge in [-0.1, -0.05) is 18.2 Å². The number of rotatable bonds is 7. The van der Waals surface area contributed by atoms with Crippen LogP contribution >= 0.6 is 0 Å². The van der Waals surface area contributed by atoms with Crippen molar-refractivity contribution in [3.63, 3.8) is 0 Å². The van der Waals surface area contributed by atoms with Crippen molar-refractivity contribution in [3.05, 3.63) is 29.8 Å². The molecular weight excluding hydrogens is 316 g/mol. The minimum absolute atomic E-state index is 0.142. The highest BCUT2D eigenvalue weighted by molar-refractivity contribution is 5.76. The molecule has 1 N–H and O–H groups in total. The first kappa shape index (κ1) is 18.2. The van der Waals surface area contributed by atoms with E-state index in [2.05, 4.69) is 10.2 Å². The van der Waals surface area contributed by atoms with Gasteiger partial charge in [0.25, 0.3) is 0 Å². The molecule has 3 rings (SSSR count). The third kappa shape index (κ3) is 5.44. The van der Waals surface area contributed by atoms with Crippen LogP contribution in [0, 0.1) is 0 Å². The van der Waals surface area contributed by atoms with Gasteiger partial charge < -0.3 is 19.7 Å². The minimum atomic E-state index is 0.142. The molecule has 5 heteroatoms. The summed E-state index contributed by atoms with van der Waals surface area (Å²) in [5, 5.41) is 3.20. The fourth-order valence-electron chi connectivity index (χ4n) is 3.79. The number of carbonyl (C=O) groups excluding carboxylic acids is 1. The summed E-state index contributed by atoms with van der Waals surface area (Å²) in [6.07, 6.45) is 6.11. The second-order valence-corrected chi connectivity index (χ2v) is 7.09. The zero-order valence-corrected chi connectivity index (χ0v) is 15.2. The SMILES string of the molecule is COc1ccccc1CCC(=O)NC1CCN(CC2CCCO2)CC1. The smallest absolute Gasteiger partial charge is 0.220 e. The van der Waals surface area contributed by atoms with Crippen LogP contribution in [0.25, 0.3) is 0 Å². The zero-order chi connectivity index (χ0) is 17.5. The fraction of sp³-hybridized carbons (Fsp3) is 0.650. The maximum atomic E-state index is 12.3. The van der Waals surface area contributed by atoms with E-state index in [4.69, 9.17) is 9.47 Å². The van der Waals surface area contributed by atoms with E-state index in [9.17, 15) is 4.79 Å². The lowest BCUT2D eigenvalue weighted by atomic mass is 10.0. The molecule has 2 saturated heterocycles. The Labute approximate surface area is 150 Å². The van der Waals surface area contributed by atoms with Crippen molar-refractivity contribution in [1.29, 1.82) is 0 Å². The summed E-state index contributed by atoms with van der Waals surface area (Å²) in [7, 11) is 1.67. The predicted octanol–water partition coefficient (Wildman–Crippen LogP) is 2.39. The molecule has 0 radical (unpaired) electrons. The van der Waals surface area contributed by atoms with Crippen LogP contribution in [0.15, 0.2) is 24.3 Å². The Balaban J connectivity index is 1.36. The van der Waals surface area contributed by atoms with Crippen molar-refractivity contribution >= 4 is 5.91 Å². The number of piperidine rings is 1. The Kier molecular flexibility index (Phi) is 6.70. The second kappa shape index (κ2) is 9.20. The van der Waals surface area contributed by atoms with E-state index in [0.717, 1.165) is 50.4 Å². The fourth-order valence-corrected chi connectivity index (χ4v) is 3.79. The van der Waals surface area contributed by atoms with E-state index in [1.165, 1.54) is 12.8 Å². The molecule has 0 aliphatic carbocycles. The van der Waals surface area contributed by atoms with Crippen molar-refractivity contribution in [2.24, 2.45) is 0 Å². The van der Waals surface area contributed by atoms with Gasteiger partial charge in [-0.2, -0.15) is 0 Å². The van der Waals surface area contributed by atoms with E-state index in [1.807, 2.05) is 24.3 Å². The van der Waals surface area contributed by atoms with Gasteiger partial charge in [-0.05, 0) is 43.7 Å². The largest absolute Gasteiger partial charge is 0.496 e. The molecule has 2 aliphatic heterocycles. The number of likely N-dealkylation sites (tertiary alicyclic amines) is 1. The molecule has 2 heterocycles. The van der Waals surface area contributed by atoms with Crippen LogP contribution in [0.4, 0.5) is 0 Å². The summed E-state index contributed by atoms with van der Waals surface area (Å²) < 4.78 is 11.1. The van der Waals surface area contributed by atoms with Crippen LogP contribution < -0.4 is 10.1 Å². The molecule has 0 spiro atoms. The number of carbonyl (C=O) groups is 1. The van der Waals surface area contributed by atoms with Crippen LogP contribution in [0.2, 0.25) is 0 Å². The molecular formula is C20H30N2O3. The van der Waals surface area contributed by atoms with Crippen LogP contribution in [-0.4, -0.2) is 56.3 Å². The number of nitrogens with one attached hydrogen (secondary N) is 1. The first-order chi connectivity index (χ1) is 12.2. The van der Waals surface area contributed by atoms with Gasteiger partial charge in [-0.3, -0.25) is 4.79 Å². The molecule has 1 amide bonds. The lowest BCUT2D eigenvalue weighted by molar-refractivity contribution is -0.122. The van der Waals surface area contributed by atoms with Crippen molar-refractivity contribution in [1.82, 2.24) is 10.2 Å².